The van der Waals surface area contributed by atoms with Gasteiger partial charge in [0, 0.05) is 30.3 Å². The third-order valence-corrected chi connectivity index (χ3v) is 4.82. The van der Waals surface area contributed by atoms with Crippen molar-refractivity contribution < 1.29 is 9.47 Å². The van der Waals surface area contributed by atoms with Crippen molar-refractivity contribution in [1.29, 1.82) is 0 Å². The Morgan fingerprint density at radius 2 is 1.77 bits per heavy atom. The van der Waals surface area contributed by atoms with Gasteiger partial charge in [0.25, 0.3) is 0 Å². The number of hydrogen-bond donors (Lipinski definition) is 2. The molecule has 0 fully saturated rings. The number of nitrogens with one attached hydrogen (secondary N) is 2. The molecular weight excluding hydrogens is 380 g/mol. The first-order chi connectivity index (χ1) is 14.6. The zero-order chi connectivity index (χ0) is 21.1. The Morgan fingerprint density at radius 1 is 0.967 bits per heavy atom. The van der Waals surface area contributed by atoms with Crippen LogP contribution in [0.2, 0.25) is 0 Å². The minimum Gasteiger partial charge on any atom is -0.493 e. The highest BCUT2D eigenvalue weighted by Gasteiger charge is 2.12. The highest BCUT2D eigenvalue weighted by molar-refractivity contribution is 5.91. The number of fused-ring (bicyclic) bond motifs is 1. The molecule has 7 nitrogen and oxygen atoms in total. The number of anilines is 1. The van der Waals surface area contributed by atoms with Crippen molar-refractivity contribution in [3.8, 4) is 22.6 Å². The van der Waals surface area contributed by atoms with Gasteiger partial charge in [0.05, 0.1) is 19.7 Å². The molecule has 0 unspecified atom stereocenters. The van der Waals surface area contributed by atoms with Crippen molar-refractivity contribution >= 4 is 16.7 Å². The van der Waals surface area contributed by atoms with Gasteiger partial charge in [-0.2, -0.15) is 0 Å². The predicted molar refractivity (Wildman–Crippen MR) is 117 cm³/mol. The normalized spacial score (nSPS) is 10.8. The second-order valence-electron chi connectivity index (χ2n) is 6.84. The number of hydrogen-bond acceptors (Lipinski definition) is 6. The predicted octanol–water partition coefficient (Wildman–Crippen LogP) is 3.92. The maximum atomic E-state index is 11.3. The summed E-state index contributed by atoms with van der Waals surface area (Å²) >= 11 is 0. The molecule has 2 aromatic heterocycles. The molecule has 0 radical (unpaired) electrons. The zero-order valence-corrected chi connectivity index (χ0v) is 17.0. The molecule has 0 bridgehead atoms. The van der Waals surface area contributed by atoms with Crippen molar-refractivity contribution in [1.82, 2.24) is 15.0 Å². The molecule has 4 rings (SSSR count). The molecule has 0 saturated carbocycles. The highest BCUT2D eigenvalue weighted by atomic mass is 16.5. The standard InChI is InChI=1S/C23H22N4O3/c1-14-26-19-11-21(30-3)20(29-2)10-18(19)23(27-14)25-12-15-5-4-6-16(9-15)17-7-8-22(28)24-13-17/h4-11,13H,12H2,1-3H3,(H,24,28)(H,25,26,27). The lowest BCUT2D eigenvalue weighted by molar-refractivity contribution is 0.356. The van der Waals surface area contributed by atoms with E-state index in [9.17, 15) is 4.79 Å². The number of nitrogens with zero attached hydrogens (tertiary/aromatic N) is 2. The second kappa shape index (κ2) is 8.24. The Morgan fingerprint density at radius 3 is 2.50 bits per heavy atom. The van der Waals surface area contributed by atoms with E-state index in [1.165, 1.54) is 6.07 Å². The van der Waals surface area contributed by atoms with Crippen LogP contribution >= 0.6 is 0 Å². The highest BCUT2D eigenvalue weighted by Crippen LogP contribution is 2.34. The van der Waals surface area contributed by atoms with Crippen LogP contribution in [0.1, 0.15) is 11.4 Å². The summed E-state index contributed by atoms with van der Waals surface area (Å²) in [5, 5.41) is 4.27. The average Bonchev–Trinajstić information content (AvgIpc) is 2.77. The average molecular weight is 402 g/mol. The second-order valence-corrected chi connectivity index (χ2v) is 6.84. The zero-order valence-electron chi connectivity index (χ0n) is 17.0. The van der Waals surface area contributed by atoms with Crippen LogP contribution in [-0.2, 0) is 6.54 Å². The molecule has 4 aromatic rings. The van der Waals surface area contributed by atoms with Crippen LogP contribution in [0.3, 0.4) is 0 Å². The summed E-state index contributed by atoms with van der Waals surface area (Å²) in [6, 6.07) is 15.2. The van der Waals surface area contributed by atoms with Gasteiger partial charge in [-0.05, 0) is 41.8 Å². The van der Waals surface area contributed by atoms with E-state index in [0.717, 1.165) is 33.4 Å². The van der Waals surface area contributed by atoms with Gasteiger partial charge in [-0.1, -0.05) is 18.2 Å². The van der Waals surface area contributed by atoms with Crippen molar-refractivity contribution in [2.75, 3.05) is 19.5 Å². The molecule has 0 aliphatic rings. The molecule has 0 aliphatic carbocycles. The van der Waals surface area contributed by atoms with Crippen LogP contribution in [0.15, 0.2) is 59.5 Å². The molecule has 7 heteroatoms. The Labute approximate surface area is 173 Å². The van der Waals surface area contributed by atoms with Gasteiger partial charge >= 0.3 is 0 Å². The lowest BCUT2D eigenvalue weighted by Crippen LogP contribution is -2.05. The van der Waals surface area contributed by atoms with Crippen LogP contribution < -0.4 is 20.3 Å². The number of methoxy groups -OCH3 is 2. The van der Waals surface area contributed by atoms with Crippen LogP contribution in [0, 0.1) is 6.92 Å². The fourth-order valence-corrected chi connectivity index (χ4v) is 3.34. The first-order valence-electron chi connectivity index (χ1n) is 9.49. The topological polar surface area (TPSA) is 89.1 Å². The van der Waals surface area contributed by atoms with Gasteiger partial charge in [-0.15, -0.1) is 0 Å². The number of H-pyrrole nitrogens is 1. The Hall–Kier alpha value is -3.87. The fourth-order valence-electron chi connectivity index (χ4n) is 3.34. The fraction of sp³-hybridized carbons (Fsp3) is 0.174. The molecule has 2 N–H and O–H groups in total. The van der Waals surface area contributed by atoms with E-state index in [-0.39, 0.29) is 5.56 Å². The maximum Gasteiger partial charge on any atom is 0.247 e. The molecule has 30 heavy (non-hydrogen) atoms. The van der Waals surface area contributed by atoms with Crippen molar-refractivity contribution in [2.24, 2.45) is 0 Å². The number of benzene rings is 2. The molecular formula is C23H22N4O3. The van der Waals surface area contributed by atoms with Gasteiger partial charge in [-0.3, -0.25) is 4.79 Å². The summed E-state index contributed by atoms with van der Waals surface area (Å²) in [4.78, 5) is 23.1. The van der Waals surface area contributed by atoms with E-state index in [4.69, 9.17) is 9.47 Å². The van der Waals surface area contributed by atoms with Crippen molar-refractivity contribution in [2.45, 2.75) is 13.5 Å². The third kappa shape index (κ3) is 3.96. The molecule has 152 valence electrons. The van der Waals surface area contributed by atoms with E-state index < -0.39 is 0 Å². The molecule has 2 heterocycles. The van der Waals surface area contributed by atoms with E-state index >= 15 is 0 Å². The summed E-state index contributed by atoms with van der Waals surface area (Å²) < 4.78 is 10.8. The smallest absolute Gasteiger partial charge is 0.247 e. The van der Waals surface area contributed by atoms with Crippen LogP contribution in [0.5, 0.6) is 11.5 Å². The van der Waals surface area contributed by atoms with Crippen LogP contribution in [-0.4, -0.2) is 29.2 Å². The van der Waals surface area contributed by atoms with Crippen LogP contribution in [0.4, 0.5) is 5.82 Å². The maximum absolute atomic E-state index is 11.3. The monoisotopic (exact) mass is 402 g/mol. The number of rotatable bonds is 6. The summed E-state index contributed by atoms with van der Waals surface area (Å²) in [7, 11) is 3.21. The number of aromatic nitrogens is 3. The number of pyridine rings is 1. The van der Waals surface area contributed by atoms with Gasteiger partial charge < -0.3 is 19.8 Å². The summed E-state index contributed by atoms with van der Waals surface area (Å²) in [5.41, 5.74) is 3.74. The van der Waals surface area contributed by atoms with Gasteiger partial charge in [0.2, 0.25) is 5.56 Å². The van der Waals surface area contributed by atoms with E-state index in [0.29, 0.717) is 23.9 Å². The Bertz CT molecular complexity index is 1250. The molecule has 0 aliphatic heterocycles. The Balaban J connectivity index is 1.64. The van der Waals surface area contributed by atoms with E-state index in [1.807, 2.05) is 43.3 Å². The number of ether oxygens (including phenoxy) is 2. The molecule has 2 aromatic carbocycles. The molecule has 0 spiro atoms. The lowest BCUT2D eigenvalue weighted by Gasteiger charge is -2.13. The Kier molecular flexibility index (Phi) is 5.34. The summed E-state index contributed by atoms with van der Waals surface area (Å²) in [5.74, 6) is 2.65. The minimum absolute atomic E-state index is 0.116. The number of aromatic amines is 1. The summed E-state index contributed by atoms with van der Waals surface area (Å²) in [6.45, 7) is 2.44. The van der Waals surface area contributed by atoms with Gasteiger partial charge in [-0.25, -0.2) is 9.97 Å². The van der Waals surface area contributed by atoms with Crippen molar-refractivity contribution in [3.05, 3.63) is 76.5 Å². The molecule has 0 amide bonds. The number of aryl methyl sites for hydroxylation is 1. The third-order valence-electron chi connectivity index (χ3n) is 4.82. The SMILES string of the molecule is COc1cc2nc(C)nc(NCc3cccc(-c4ccc(=O)[nH]c4)c3)c2cc1OC. The van der Waals surface area contributed by atoms with E-state index in [2.05, 4.69) is 26.3 Å². The summed E-state index contributed by atoms with van der Waals surface area (Å²) in [6.07, 6.45) is 1.72. The van der Waals surface area contributed by atoms with Gasteiger partial charge in [0.15, 0.2) is 11.5 Å². The first kappa shape index (κ1) is 19.4. The lowest BCUT2D eigenvalue weighted by atomic mass is 10.0. The molecule has 0 atom stereocenters. The van der Waals surface area contributed by atoms with Gasteiger partial charge in [0.1, 0.15) is 11.6 Å². The quantitative estimate of drug-likeness (QED) is 0.508. The largest absolute Gasteiger partial charge is 0.493 e. The van der Waals surface area contributed by atoms with E-state index in [1.54, 1.807) is 20.4 Å². The molecule has 0 saturated heterocycles. The minimum atomic E-state index is -0.116. The van der Waals surface area contributed by atoms with Crippen LogP contribution in [0.25, 0.3) is 22.0 Å². The first-order valence-corrected chi connectivity index (χ1v) is 9.49. The van der Waals surface area contributed by atoms with Crippen molar-refractivity contribution in [3.63, 3.8) is 0 Å².